The predicted molar refractivity (Wildman–Crippen MR) is 118 cm³/mol. The molecule has 1 aliphatic heterocycles. The SMILES string of the molecule is NC(=O)c1cccc2c(-c3nc4c(c(NCc5cccc(B(O)O)c5)n3)CCN4)nnn12. The normalized spacial score (nSPS) is 12.4. The number of anilines is 2. The first-order valence-electron chi connectivity index (χ1n) is 9.99. The van der Waals surface area contributed by atoms with Crippen molar-refractivity contribution in [2.24, 2.45) is 5.73 Å². The van der Waals surface area contributed by atoms with E-state index < -0.39 is 13.0 Å². The molecule has 4 heterocycles. The molecule has 11 nitrogen and oxygen atoms in total. The Balaban J connectivity index is 1.52. The van der Waals surface area contributed by atoms with Gasteiger partial charge < -0.3 is 26.4 Å². The summed E-state index contributed by atoms with van der Waals surface area (Å²) in [7, 11) is -1.53. The molecule has 3 aromatic heterocycles. The molecule has 0 unspecified atom stereocenters. The van der Waals surface area contributed by atoms with E-state index >= 15 is 0 Å². The number of rotatable bonds is 6. The molecule has 1 amide bonds. The fraction of sp³-hybridized carbons (Fsp3) is 0.150. The molecule has 0 fully saturated rings. The van der Waals surface area contributed by atoms with Gasteiger partial charge in [0, 0.05) is 18.7 Å². The van der Waals surface area contributed by atoms with Crippen LogP contribution in [0.15, 0.2) is 42.5 Å². The molecule has 0 saturated carbocycles. The average Bonchev–Trinajstić information content (AvgIpc) is 3.44. The Labute approximate surface area is 182 Å². The molecule has 5 rings (SSSR count). The van der Waals surface area contributed by atoms with Crippen molar-refractivity contribution >= 4 is 35.6 Å². The number of aromatic nitrogens is 5. The van der Waals surface area contributed by atoms with Gasteiger partial charge in [-0.1, -0.05) is 35.5 Å². The number of carbonyl (C=O) groups excluding carboxylic acids is 1. The fourth-order valence-electron chi connectivity index (χ4n) is 3.74. The number of nitrogens with two attached hydrogens (primary N) is 1. The van der Waals surface area contributed by atoms with Crippen LogP contribution in [0.25, 0.3) is 17.0 Å². The monoisotopic (exact) mass is 430 g/mol. The summed E-state index contributed by atoms with van der Waals surface area (Å²) in [5.41, 5.74) is 8.89. The van der Waals surface area contributed by atoms with Gasteiger partial charge >= 0.3 is 7.12 Å². The summed E-state index contributed by atoms with van der Waals surface area (Å²) < 4.78 is 1.38. The van der Waals surface area contributed by atoms with Gasteiger partial charge in [0.05, 0.1) is 5.52 Å². The first kappa shape index (κ1) is 19.9. The molecule has 0 bridgehead atoms. The molecule has 1 aromatic carbocycles. The number of pyridine rings is 1. The van der Waals surface area contributed by atoms with Crippen LogP contribution in [-0.4, -0.2) is 54.4 Å². The maximum atomic E-state index is 11.7. The summed E-state index contributed by atoms with van der Waals surface area (Å²) in [4.78, 5) is 21.0. The molecule has 1 aliphatic rings. The highest BCUT2D eigenvalue weighted by Crippen LogP contribution is 2.30. The van der Waals surface area contributed by atoms with Crippen molar-refractivity contribution in [2.75, 3.05) is 17.2 Å². The summed E-state index contributed by atoms with van der Waals surface area (Å²) >= 11 is 0. The predicted octanol–water partition coefficient (Wildman–Crippen LogP) is -0.455. The highest BCUT2D eigenvalue weighted by Gasteiger charge is 2.23. The van der Waals surface area contributed by atoms with Gasteiger partial charge in [0.1, 0.15) is 17.3 Å². The van der Waals surface area contributed by atoms with Gasteiger partial charge in [0.2, 0.25) is 0 Å². The summed E-state index contributed by atoms with van der Waals surface area (Å²) in [5, 5.41) is 33.6. The van der Waals surface area contributed by atoms with E-state index in [1.165, 1.54) is 4.52 Å². The summed E-state index contributed by atoms with van der Waals surface area (Å²) in [6.45, 7) is 1.17. The van der Waals surface area contributed by atoms with Crippen molar-refractivity contribution in [1.29, 1.82) is 0 Å². The van der Waals surface area contributed by atoms with E-state index in [0.29, 0.717) is 40.7 Å². The highest BCUT2D eigenvalue weighted by atomic mass is 16.4. The zero-order valence-electron chi connectivity index (χ0n) is 16.9. The van der Waals surface area contributed by atoms with Gasteiger partial charge in [-0.05, 0) is 29.6 Å². The topological polar surface area (TPSA) is 164 Å². The van der Waals surface area contributed by atoms with Crippen LogP contribution < -0.4 is 21.8 Å². The summed E-state index contributed by atoms with van der Waals surface area (Å²) in [6, 6.07) is 12.1. The van der Waals surface area contributed by atoms with Gasteiger partial charge in [0.15, 0.2) is 11.5 Å². The third-order valence-electron chi connectivity index (χ3n) is 5.29. The van der Waals surface area contributed by atoms with E-state index in [1.54, 1.807) is 36.4 Å². The third-order valence-corrected chi connectivity index (χ3v) is 5.29. The Hall–Kier alpha value is -4.03. The second kappa shape index (κ2) is 7.91. The first-order chi connectivity index (χ1) is 15.5. The van der Waals surface area contributed by atoms with E-state index in [1.807, 2.05) is 6.07 Å². The Kier molecular flexibility index (Phi) is 4.92. The zero-order chi connectivity index (χ0) is 22.2. The van der Waals surface area contributed by atoms with E-state index in [0.717, 1.165) is 24.1 Å². The number of fused-ring (bicyclic) bond motifs is 2. The second-order valence-corrected chi connectivity index (χ2v) is 7.38. The largest absolute Gasteiger partial charge is 0.488 e. The molecule has 0 atom stereocenters. The van der Waals surface area contributed by atoms with Crippen LogP contribution in [-0.2, 0) is 13.0 Å². The Morgan fingerprint density at radius 1 is 1.22 bits per heavy atom. The van der Waals surface area contributed by atoms with Gasteiger partial charge in [-0.25, -0.2) is 14.5 Å². The average molecular weight is 430 g/mol. The van der Waals surface area contributed by atoms with Crippen LogP contribution >= 0.6 is 0 Å². The van der Waals surface area contributed by atoms with E-state index in [2.05, 4.69) is 25.9 Å². The Bertz CT molecular complexity index is 1340. The smallest absolute Gasteiger partial charge is 0.423 e. The van der Waals surface area contributed by atoms with Crippen molar-refractivity contribution < 1.29 is 14.8 Å². The summed E-state index contributed by atoms with van der Waals surface area (Å²) in [5.74, 6) is 1.11. The van der Waals surface area contributed by atoms with Crippen LogP contribution in [0.4, 0.5) is 11.6 Å². The molecular weight excluding hydrogens is 411 g/mol. The van der Waals surface area contributed by atoms with Gasteiger partial charge in [-0.15, -0.1) is 5.10 Å². The highest BCUT2D eigenvalue weighted by molar-refractivity contribution is 6.58. The maximum Gasteiger partial charge on any atom is 0.488 e. The fourth-order valence-corrected chi connectivity index (χ4v) is 3.74. The lowest BCUT2D eigenvalue weighted by atomic mass is 9.79. The van der Waals surface area contributed by atoms with Gasteiger partial charge in [0.25, 0.3) is 5.91 Å². The standard InChI is InChI=1S/C20H19BN8O3/c22-17(30)15-6-2-5-14-16(27-28-29(14)15)20-25-18-13(7-8-23-18)19(26-20)24-10-11-3-1-4-12(9-11)21(31)32/h1-6,9,31-32H,7-8,10H2,(H2,22,30)(H2,23,24,25,26). The van der Waals surface area contributed by atoms with E-state index in [-0.39, 0.29) is 5.69 Å². The number of carbonyl (C=O) groups is 1. The number of amides is 1. The van der Waals surface area contributed by atoms with E-state index in [4.69, 9.17) is 10.7 Å². The number of nitrogens with one attached hydrogen (secondary N) is 2. The Morgan fingerprint density at radius 2 is 2.06 bits per heavy atom. The second-order valence-electron chi connectivity index (χ2n) is 7.38. The van der Waals surface area contributed by atoms with Crippen molar-refractivity contribution in [3.05, 3.63) is 59.3 Å². The number of primary amides is 1. The zero-order valence-corrected chi connectivity index (χ0v) is 16.9. The Morgan fingerprint density at radius 3 is 2.88 bits per heavy atom. The molecule has 0 spiro atoms. The third kappa shape index (κ3) is 3.51. The van der Waals surface area contributed by atoms with Crippen LogP contribution in [0.3, 0.4) is 0 Å². The maximum absolute atomic E-state index is 11.7. The lowest BCUT2D eigenvalue weighted by Gasteiger charge is -2.12. The lowest BCUT2D eigenvalue weighted by molar-refractivity contribution is 0.0993. The van der Waals surface area contributed by atoms with Crippen LogP contribution in [0.5, 0.6) is 0 Å². The van der Waals surface area contributed by atoms with Crippen molar-refractivity contribution in [2.45, 2.75) is 13.0 Å². The van der Waals surface area contributed by atoms with E-state index in [9.17, 15) is 14.8 Å². The van der Waals surface area contributed by atoms with Crippen LogP contribution in [0.1, 0.15) is 21.6 Å². The minimum atomic E-state index is -1.53. The number of hydrogen-bond donors (Lipinski definition) is 5. The van der Waals surface area contributed by atoms with Crippen molar-refractivity contribution in [3.8, 4) is 11.5 Å². The quantitative estimate of drug-likeness (QED) is 0.255. The molecule has 12 heteroatoms. The molecule has 0 aliphatic carbocycles. The molecule has 4 aromatic rings. The minimum absolute atomic E-state index is 0.213. The van der Waals surface area contributed by atoms with Crippen LogP contribution in [0, 0.1) is 0 Å². The number of hydrogen-bond acceptors (Lipinski definition) is 9. The minimum Gasteiger partial charge on any atom is -0.423 e. The van der Waals surface area contributed by atoms with Crippen molar-refractivity contribution in [3.63, 3.8) is 0 Å². The lowest BCUT2D eigenvalue weighted by Crippen LogP contribution is -2.30. The first-order valence-corrected chi connectivity index (χ1v) is 9.99. The molecule has 0 saturated heterocycles. The molecule has 0 radical (unpaired) electrons. The molecular formula is C20H19BN8O3. The van der Waals surface area contributed by atoms with Gasteiger partial charge in [-0.3, -0.25) is 4.79 Å². The van der Waals surface area contributed by atoms with Crippen molar-refractivity contribution in [1.82, 2.24) is 24.8 Å². The molecule has 6 N–H and O–H groups in total. The molecule has 160 valence electrons. The number of nitrogens with zero attached hydrogens (tertiary/aromatic N) is 5. The molecule has 32 heavy (non-hydrogen) atoms. The summed E-state index contributed by atoms with van der Waals surface area (Å²) in [6.07, 6.45) is 0.765. The van der Waals surface area contributed by atoms with Gasteiger partial charge in [-0.2, -0.15) is 0 Å². The number of benzene rings is 1. The van der Waals surface area contributed by atoms with Crippen LogP contribution in [0.2, 0.25) is 0 Å².